The number of aliphatic hydroxyl groups excluding tert-OH is 6. The summed E-state index contributed by atoms with van der Waals surface area (Å²) in [4.78, 5) is 23.7. The van der Waals surface area contributed by atoms with E-state index in [1.165, 1.54) is 0 Å². The van der Waals surface area contributed by atoms with Gasteiger partial charge in [0, 0.05) is 13.8 Å². The average molecular weight is 827 g/mol. The molecule has 0 unspecified atom stereocenters. The zero-order chi connectivity index (χ0) is 39.5. The van der Waals surface area contributed by atoms with Crippen LogP contribution in [0.2, 0.25) is 0 Å². The Balaban J connectivity index is 2.01. The van der Waals surface area contributed by atoms with Gasteiger partial charge in [0.2, 0.25) is 11.8 Å². The molecule has 30 heteroatoms. The van der Waals surface area contributed by atoms with Crippen LogP contribution in [0, 0.1) is 0 Å². The third-order valence-electron chi connectivity index (χ3n) is 7.50. The summed E-state index contributed by atoms with van der Waals surface area (Å²) in [6, 6.07) is -3.52. The Morgan fingerprint density at radius 1 is 0.538 bits per heavy atom. The largest absolute Gasteiger partial charge is 0.397 e. The lowest BCUT2D eigenvalue weighted by molar-refractivity contribution is -0.367. The van der Waals surface area contributed by atoms with E-state index in [1.54, 1.807) is 0 Å². The molecule has 3 fully saturated rings. The molecule has 27 nitrogen and oxygen atoms in total. The Labute approximate surface area is 294 Å². The first-order valence-electron chi connectivity index (χ1n) is 14.5. The lowest BCUT2D eigenvalue weighted by Crippen LogP contribution is -2.69. The molecule has 0 bridgehead atoms. The Morgan fingerprint density at radius 2 is 0.962 bits per heavy atom. The van der Waals surface area contributed by atoms with Gasteiger partial charge in [-0.3, -0.25) is 23.2 Å². The molecule has 3 aliphatic heterocycles. The molecule has 0 saturated carbocycles. The Kier molecular flexibility index (Phi) is 15.2. The van der Waals surface area contributed by atoms with Gasteiger partial charge in [0.15, 0.2) is 18.9 Å². The number of amides is 2. The topological polar surface area (TPSA) is 417 Å². The fourth-order valence-corrected chi connectivity index (χ4v) is 6.20. The molecule has 11 N–H and O–H groups in total. The van der Waals surface area contributed by atoms with E-state index in [1.807, 2.05) is 0 Å². The third kappa shape index (κ3) is 12.6. The van der Waals surface area contributed by atoms with Gasteiger partial charge in [0.05, 0.1) is 19.8 Å². The van der Waals surface area contributed by atoms with Crippen molar-refractivity contribution in [3.05, 3.63) is 0 Å². The van der Waals surface area contributed by atoms with Gasteiger partial charge in [-0.1, -0.05) is 0 Å². The highest BCUT2D eigenvalue weighted by molar-refractivity contribution is 7.81. The van der Waals surface area contributed by atoms with Gasteiger partial charge in [-0.05, 0) is 0 Å². The van der Waals surface area contributed by atoms with Crippen LogP contribution in [0.5, 0.6) is 0 Å². The smallest absolute Gasteiger partial charge is 0.388 e. The Morgan fingerprint density at radius 3 is 1.44 bits per heavy atom. The quantitative estimate of drug-likeness (QED) is 0.0683. The first-order chi connectivity index (χ1) is 23.8. The third-order valence-corrected chi connectivity index (χ3v) is 8.80. The van der Waals surface area contributed by atoms with Crippen LogP contribution in [0.4, 0.5) is 0 Å². The van der Waals surface area contributed by atoms with Crippen LogP contribution in [0.25, 0.3) is 0 Å². The normalized spacial score (nSPS) is 39.1. The highest BCUT2D eigenvalue weighted by Crippen LogP contribution is 2.33. The summed E-state index contributed by atoms with van der Waals surface area (Å²) in [5, 5.41) is 69.3. The molecule has 0 aromatic heterocycles. The van der Waals surface area contributed by atoms with E-state index in [4.69, 9.17) is 37.3 Å². The van der Waals surface area contributed by atoms with Gasteiger partial charge >= 0.3 is 31.2 Å². The van der Waals surface area contributed by atoms with Crippen LogP contribution in [0.3, 0.4) is 0 Å². The summed E-state index contributed by atoms with van der Waals surface area (Å²) >= 11 is 0. The number of carbonyl (C=O) groups excluding carboxylic acids is 2. The van der Waals surface area contributed by atoms with Crippen molar-refractivity contribution in [1.29, 1.82) is 0 Å². The number of nitrogens with one attached hydrogen (secondary N) is 2. The molecule has 0 spiro atoms. The maximum atomic E-state index is 11.9. The maximum absolute atomic E-state index is 11.9. The van der Waals surface area contributed by atoms with E-state index < -0.39 is 155 Å². The van der Waals surface area contributed by atoms with E-state index in [2.05, 4.69) is 23.2 Å². The number of rotatable bonds is 15. The predicted molar refractivity (Wildman–Crippen MR) is 156 cm³/mol. The molecule has 3 heterocycles. The number of ether oxygens (including phenoxy) is 5. The lowest BCUT2D eigenvalue weighted by Gasteiger charge is -2.49. The van der Waals surface area contributed by atoms with Crippen molar-refractivity contribution in [2.45, 2.75) is 106 Å². The lowest BCUT2D eigenvalue weighted by atomic mass is 9.94. The van der Waals surface area contributed by atoms with Crippen LogP contribution >= 0.6 is 0 Å². The van der Waals surface area contributed by atoms with Gasteiger partial charge in [0.25, 0.3) is 0 Å². The summed E-state index contributed by atoms with van der Waals surface area (Å²) in [5.41, 5.74) is 0. The molecule has 52 heavy (non-hydrogen) atoms. The summed E-state index contributed by atoms with van der Waals surface area (Å²) in [5.74, 6) is -1.71. The van der Waals surface area contributed by atoms with E-state index >= 15 is 0 Å². The van der Waals surface area contributed by atoms with Gasteiger partial charge in [-0.15, -0.1) is 0 Å². The number of aliphatic hydroxyl groups is 6. The monoisotopic (exact) mass is 826 g/mol. The van der Waals surface area contributed by atoms with E-state index in [0.29, 0.717) is 0 Å². The van der Waals surface area contributed by atoms with E-state index in [-0.39, 0.29) is 0 Å². The molecule has 0 radical (unpaired) electrons. The fourth-order valence-electron chi connectivity index (χ4n) is 5.28. The minimum atomic E-state index is -5.25. The zero-order valence-corrected chi connectivity index (χ0v) is 29.0. The summed E-state index contributed by atoms with van der Waals surface area (Å²) in [6.45, 7) is -1.73. The van der Waals surface area contributed by atoms with Crippen molar-refractivity contribution in [2.75, 3.05) is 19.8 Å². The molecule has 0 aliphatic carbocycles. The van der Waals surface area contributed by atoms with Crippen molar-refractivity contribution in [2.24, 2.45) is 0 Å². The van der Waals surface area contributed by atoms with Crippen LogP contribution in [0.15, 0.2) is 0 Å². The Bertz CT molecular complexity index is 1560. The first-order valence-corrected chi connectivity index (χ1v) is 18.6. The SMILES string of the molecule is CC(=O)N[C@@H]1[C@@H](O)[C@H](O[C@@H]2O[C@H](COS(=O)(=O)O)[C@H](O)[C@H](O[C@@H]3O[C@H](COS(=O)(=O)O)[C@@H](O)[C@H](O)[C@H]3NC(C)=O)[C@H]2O)[C@@H](COS(=O)(=O)O)O[C@H]1O. The molecular weight excluding hydrogens is 788 g/mol. The highest BCUT2D eigenvalue weighted by Gasteiger charge is 2.54. The number of hydrogen-bond acceptors (Lipinski definition) is 22. The molecule has 2 amide bonds. The molecule has 3 rings (SSSR count). The minimum absolute atomic E-state index is 0.833. The summed E-state index contributed by atoms with van der Waals surface area (Å²) in [6.07, 6.45) is -27.2. The van der Waals surface area contributed by atoms with Crippen LogP contribution in [-0.2, 0) is 77.0 Å². The van der Waals surface area contributed by atoms with Crippen molar-refractivity contribution < 1.29 is 115 Å². The second-order valence-electron chi connectivity index (χ2n) is 11.4. The van der Waals surface area contributed by atoms with Crippen LogP contribution in [-0.4, -0.2) is 193 Å². The van der Waals surface area contributed by atoms with Gasteiger partial charge < -0.3 is 65.0 Å². The molecule has 0 aromatic carbocycles. The van der Waals surface area contributed by atoms with Gasteiger partial charge in [-0.25, -0.2) is 12.5 Å². The molecule has 304 valence electrons. The molecule has 15 atom stereocenters. The average Bonchev–Trinajstić information content (AvgIpc) is 2.99. The number of hydrogen-bond donors (Lipinski definition) is 11. The first kappa shape index (κ1) is 44.5. The molecule has 3 aliphatic rings. The molecule has 3 saturated heterocycles. The second kappa shape index (κ2) is 17.7. The minimum Gasteiger partial charge on any atom is -0.388 e. The zero-order valence-electron chi connectivity index (χ0n) is 26.6. The van der Waals surface area contributed by atoms with Crippen molar-refractivity contribution in [3.63, 3.8) is 0 Å². The van der Waals surface area contributed by atoms with E-state index in [0.717, 1.165) is 13.8 Å². The molecule has 0 aromatic rings. The van der Waals surface area contributed by atoms with E-state index in [9.17, 15) is 65.5 Å². The maximum Gasteiger partial charge on any atom is 0.397 e. The fraction of sp³-hybridized carbons (Fsp3) is 0.909. The van der Waals surface area contributed by atoms with Crippen LogP contribution < -0.4 is 10.6 Å². The highest BCUT2D eigenvalue weighted by atomic mass is 32.3. The van der Waals surface area contributed by atoms with Gasteiger partial charge in [-0.2, -0.15) is 25.3 Å². The number of carbonyl (C=O) groups is 2. The van der Waals surface area contributed by atoms with Crippen molar-refractivity contribution in [3.8, 4) is 0 Å². The van der Waals surface area contributed by atoms with Crippen LogP contribution in [0.1, 0.15) is 13.8 Å². The summed E-state index contributed by atoms with van der Waals surface area (Å²) < 4.78 is 134. The van der Waals surface area contributed by atoms with Crippen molar-refractivity contribution >= 4 is 43.0 Å². The Hall–Kier alpha value is -1.89. The molecular formula is C22H38N2O25S3. The predicted octanol–water partition coefficient (Wildman–Crippen LogP) is -7.80. The van der Waals surface area contributed by atoms with Gasteiger partial charge in [0.1, 0.15) is 73.1 Å². The summed E-state index contributed by atoms with van der Waals surface area (Å²) in [7, 11) is -15.6. The second-order valence-corrected chi connectivity index (χ2v) is 14.7. The van der Waals surface area contributed by atoms with Crippen molar-refractivity contribution in [1.82, 2.24) is 10.6 Å². The standard InChI is InChI=1S/C22H38N2O25S3/c1-6(25)23-11-16(30)18(10(45-20(11)32)5-44-52(39,40)41)48-22-17(31)19(14(28)9(47-22)4-43-51(36,37)38)49-21-12(24-7(2)26)15(29)13(27)8(46-21)3-42-50(33,34)35/h8-22,27-32H,3-5H2,1-2H3,(H,23,25)(H,24,26)(H,33,34,35)(H,36,37,38)(H,39,40,41)/t8-,9-,10-,11-,12-,13-,14+,15-,16-,17-,18-,19+,20-,21+,22+/m1/s1.